The highest BCUT2D eigenvalue weighted by molar-refractivity contribution is 6.25. The number of anilines is 2. The zero-order chi connectivity index (χ0) is 24.4. The lowest BCUT2D eigenvalue weighted by Gasteiger charge is -2.37. The maximum atomic E-state index is 14.1. The molecule has 0 saturated carbocycles. The van der Waals surface area contributed by atoms with Gasteiger partial charge in [0.25, 0.3) is 0 Å². The lowest BCUT2D eigenvalue weighted by Crippen LogP contribution is -2.48. The average Bonchev–Trinajstić information content (AvgIpc) is 3.41. The van der Waals surface area contributed by atoms with E-state index in [1.54, 1.807) is 24.3 Å². The van der Waals surface area contributed by atoms with Gasteiger partial charge in [0.15, 0.2) is 5.78 Å². The summed E-state index contributed by atoms with van der Waals surface area (Å²) in [7, 11) is 0. The molecule has 0 bridgehead atoms. The zero-order valence-corrected chi connectivity index (χ0v) is 19.3. The van der Waals surface area contributed by atoms with Gasteiger partial charge in [-0.05, 0) is 29.0 Å². The summed E-state index contributed by atoms with van der Waals surface area (Å²) in [6.07, 6.45) is 4.05. The SMILES string of the molecule is O=C(c1ccccc1)[C@H]1[C@H]2C(=O)N(c3ccccc3)C(=O)[C@@H]2[C@H]2C=Cc3c(ccc4ccccc34)N21. The average molecular weight is 471 g/mol. The van der Waals surface area contributed by atoms with Gasteiger partial charge in [-0.1, -0.05) is 91.0 Å². The summed E-state index contributed by atoms with van der Waals surface area (Å²) in [6, 6.07) is 29.1. The van der Waals surface area contributed by atoms with Crippen molar-refractivity contribution < 1.29 is 14.4 Å². The highest BCUT2D eigenvalue weighted by Gasteiger charge is 2.64. The normalized spacial score (nSPS) is 24.1. The standard InChI is InChI=1S/C31H22N2O3/c34-29(20-10-3-1-4-11-20)28-27-26(30(35)32(31(27)36)21-12-5-2-6-13-21)25-18-16-23-22-14-8-7-9-19(22)15-17-24(23)33(25)28/h1-18,25-28H/t25-,26-,27+,28-/m1/s1. The summed E-state index contributed by atoms with van der Waals surface area (Å²) in [4.78, 5) is 45.1. The molecule has 2 amide bonds. The van der Waals surface area contributed by atoms with E-state index in [-0.39, 0.29) is 23.6 Å². The first kappa shape index (κ1) is 20.8. The molecular formula is C31H22N2O3. The van der Waals surface area contributed by atoms with E-state index in [1.165, 1.54) is 4.90 Å². The molecule has 5 heteroatoms. The van der Waals surface area contributed by atoms with Crippen molar-refractivity contribution in [1.29, 1.82) is 0 Å². The molecule has 3 heterocycles. The first-order valence-corrected chi connectivity index (χ1v) is 12.2. The van der Waals surface area contributed by atoms with Crippen molar-refractivity contribution in [3.05, 3.63) is 114 Å². The first-order chi connectivity index (χ1) is 17.6. The zero-order valence-electron chi connectivity index (χ0n) is 19.3. The molecule has 4 aromatic rings. The largest absolute Gasteiger partial charge is 0.352 e. The Bertz CT molecular complexity index is 1580. The van der Waals surface area contributed by atoms with Gasteiger partial charge in [-0.3, -0.25) is 14.4 Å². The number of fused-ring (bicyclic) bond motifs is 7. The molecule has 0 aliphatic carbocycles. The molecule has 2 saturated heterocycles. The Morgan fingerprint density at radius 3 is 2.14 bits per heavy atom. The summed E-state index contributed by atoms with van der Waals surface area (Å²) in [5.74, 6) is -2.10. The fourth-order valence-corrected chi connectivity index (χ4v) is 6.23. The molecular weight excluding hydrogens is 448 g/mol. The van der Waals surface area contributed by atoms with Crippen molar-refractivity contribution >= 4 is 45.8 Å². The van der Waals surface area contributed by atoms with E-state index in [0.717, 1.165) is 22.0 Å². The number of para-hydroxylation sites is 1. The molecule has 0 spiro atoms. The third kappa shape index (κ3) is 2.80. The molecule has 4 aromatic carbocycles. The van der Waals surface area contributed by atoms with E-state index < -0.39 is 17.9 Å². The maximum Gasteiger partial charge on any atom is 0.240 e. The number of carbonyl (C=O) groups excluding carboxylic acids is 3. The van der Waals surface area contributed by atoms with E-state index in [1.807, 2.05) is 77.7 Å². The molecule has 174 valence electrons. The quantitative estimate of drug-likeness (QED) is 0.308. The summed E-state index contributed by atoms with van der Waals surface area (Å²) >= 11 is 0. The monoisotopic (exact) mass is 470 g/mol. The minimum absolute atomic E-state index is 0.140. The number of Topliss-reactive ketones (excluding diaryl/α,β-unsaturated/α-hetero) is 1. The lowest BCUT2D eigenvalue weighted by atomic mass is 9.86. The summed E-state index contributed by atoms with van der Waals surface area (Å²) in [5.41, 5.74) is 2.98. The second-order valence-corrected chi connectivity index (χ2v) is 9.55. The smallest absolute Gasteiger partial charge is 0.240 e. The van der Waals surface area contributed by atoms with Crippen LogP contribution in [-0.2, 0) is 9.59 Å². The Hall–Kier alpha value is -4.51. The van der Waals surface area contributed by atoms with Crippen molar-refractivity contribution in [3.8, 4) is 0 Å². The van der Waals surface area contributed by atoms with E-state index in [9.17, 15) is 14.4 Å². The van der Waals surface area contributed by atoms with Crippen LogP contribution in [0.5, 0.6) is 0 Å². The van der Waals surface area contributed by atoms with Crippen molar-refractivity contribution in [2.75, 3.05) is 9.80 Å². The molecule has 5 nitrogen and oxygen atoms in total. The molecule has 4 atom stereocenters. The van der Waals surface area contributed by atoms with E-state index in [2.05, 4.69) is 12.1 Å². The third-order valence-electron chi connectivity index (χ3n) is 7.75. The Balaban J connectivity index is 1.42. The molecule has 0 N–H and O–H groups in total. The number of nitrogens with zero attached hydrogens (tertiary/aromatic N) is 2. The van der Waals surface area contributed by atoms with E-state index >= 15 is 0 Å². The van der Waals surface area contributed by atoms with Gasteiger partial charge >= 0.3 is 0 Å². The number of benzene rings is 4. The molecule has 2 fully saturated rings. The van der Waals surface area contributed by atoms with Crippen LogP contribution < -0.4 is 9.80 Å². The number of rotatable bonds is 3. The molecule has 0 radical (unpaired) electrons. The summed E-state index contributed by atoms with van der Waals surface area (Å²) in [5, 5.41) is 2.18. The molecule has 3 aliphatic rings. The number of hydrogen-bond donors (Lipinski definition) is 0. The number of ketones is 1. The second kappa shape index (κ2) is 7.75. The van der Waals surface area contributed by atoms with E-state index in [0.29, 0.717) is 11.3 Å². The Morgan fingerprint density at radius 2 is 1.36 bits per heavy atom. The second-order valence-electron chi connectivity index (χ2n) is 9.55. The van der Waals surface area contributed by atoms with Crippen LogP contribution in [0.15, 0.2) is 103 Å². The maximum absolute atomic E-state index is 14.1. The predicted octanol–water partition coefficient (Wildman–Crippen LogP) is 5.11. The predicted molar refractivity (Wildman–Crippen MR) is 140 cm³/mol. The molecule has 36 heavy (non-hydrogen) atoms. The van der Waals surface area contributed by atoms with Crippen molar-refractivity contribution in [3.63, 3.8) is 0 Å². The topological polar surface area (TPSA) is 57.7 Å². The Morgan fingerprint density at radius 1 is 0.694 bits per heavy atom. The fourth-order valence-electron chi connectivity index (χ4n) is 6.23. The fraction of sp³-hybridized carbons (Fsp3) is 0.129. The lowest BCUT2D eigenvalue weighted by molar-refractivity contribution is -0.122. The molecule has 7 rings (SSSR count). The van der Waals surface area contributed by atoms with Gasteiger partial charge in [-0.25, -0.2) is 4.90 Å². The van der Waals surface area contributed by atoms with Crippen molar-refractivity contribution in [2.24, 2.45) is 11.8 Å². The van der Waals surface area contributed by atoms with Crippen molar-refractivity contribution in [2.45, 2.75) is 12.1 Å². The van der Waals surface area contributed by atoms with Gasteiger partial charge < -0.3 is 4.90 Å². The van der Waals surface area contributed by atoms with Crippen LogP contribution in [0.4, 0.5) is 11.4 Å². The van der Waals surface area contributed by atoms with Crippen LogP contribution in [-0.4, -0.2) is 29.7 Å². The van der Waals surface area contributed by atoms with Crippen LogP contribution in [0, 0.1) is 11.8 Å². The van der Waals surface area contributed by atoms with Gasteiger partial charge in [-0.15, -0.1) is 0 Å². The van der Waals surface area contributed by atoms with Crippen LogP contribution >= 0.6 is 0 Å². The number of hydrogen-bond acceptors (Lipinski definition) is 4. The summed E-state index contributed by atoms with van der Waals surface area (Å²) in [6.45, 7) is 0. The van der Waals surface area contributed by atoms with Gasteiger partial charge in [0.05, 0.1) is 23.6 Å². The number of imide groups is 1. The minimum Gasteiger partial charge on any atom is -0.352 e. The van der Waals surface area contributed by atoms with Gasteiger partial charge in [0.2, 0.25) is 11.8 Å². The van der Waals surface area contributed by atoms with Gasteiger partial charge in [0.1, 0.15) is 6.04 Å². The van der Waals surface area contributed by atoms with Crippen LogP contribution in [0.2, 0.25) is 0 Å². The third-order valence-corrected chi connectivity index (χ3v) is 7.75. The molecule has 3 aliphatic heterocycles. The van der Waals surface area contributed by atoms with Crippen LogP contribution in [0.25, 0.3) is 16.8 Å². The summed E-state index contributed by atoms with van der Waals surface area (Å²) < 4.78 is 0. The van der Waals surface area contributed by atoms with Crippen LogP contribution in [0.3, 0.4) is 0 Å². The Labute approximate surface area is 208 Å². The minimum atomic E-state index is -0.780. The molecule has 0 aromatic heterocycles. The highest BCUT2D eigenvalue weighted by Crippen LogP contribution is 2.50. The van der Waals surface area contributed by atoms with Crippen molar-refractivity contribution in [1.82, 2.24) is 0 Å². The molecule has 0 unspecified atom stereocenters. The number of carbonyl (C=O) groups is 3. The highest BCUT2D eigenvalue weighted by atomic mass is 16.2. The number of amides is 2. The van der Waals surface area contributed by atoms with Gasteiger partial charge in [-0.2, -0.15) is 0 Å². The first-order valence-electron chi connectivity index (χ1n) is 12.2. The van der Waals surface area contributed by atoms with Crippen LogP contribution in [0.1, 0.15) is 15.9 Å². The van der Waals surface area contributed by atoms with Gasteiger partial charge in [0, 0.05) is 16.8 Å². The Kier molecular flexibility index (Phi) is 4.48. The van der Waals surface area contributed by atoms with E-state index in [4.69, 9.17) is 0 Å².